The van der Waals surface area contributed by atoms with Crippen molar-refractivity contribution in [1.82, 2.24) is 5.32 Å². The van der Waals surface area contributed by atoms with Crippen LogP contribution < -0.4 is 14.8 Å². The lowest BCUT2D eigenvalue weighted by molar-refractivity contribution is 0.106. The molecule has 1 atom stereocenters. The quantitative estimate of drug-likeness (QED) is 0.610. The van der Waals surface area contributed by atoms with Crippen molar-refractivity contribution in [2.24, 2.45) is 0 Å². The van der Waals surface area contributed by atoms with Crippen LogP contribution in [0.15, 0.2) is 24.3 Å². The number of aliphatic hydroxyl groups is 1. The van der Waals surface area contributed by atoms with E-state index in [0.29, 0.717) is 25.3 Å². The largest absolute Gasteiger partial charge is 0.497 e. The van der Waals surface area contributed by atoms with Crippen LogP contribution in [0.2, 0.25) is 0 Å². The molecule has 1 aromatic carbocycles. The molecule has 1 aromatic rings. The summed E-state index contributed by atoms with van der Waals surface area (Å²) in [7, 11) is -1.32. The van der Waals surface area contributed by atoms with Gasteiger partial charge in [-0.05, 0) is 37.2 Å². The molecule has 0 aliphatic heterocycles. The summed E-state index contributed by atoms with van der Waals surface area (Å²) in [6, 6.07) is 7.10. The van der Waals surface area contributed by atoms with Crippen LogP contribution in [-0.4, -0.2) is 58.4 Å². The van der Waals surface area contributed by atoms with E-state index in [-0.39, 0.29) is 12.4 Å². The van der Waals surface area contributed by atoms with E-state index in [1.807, 2.05) is 0 Å². The minimum Gasteiger partial charge on any atom is -0.497 e. The Bertz CT molecular complexity index is 501. The number of sulfone groups is 1. The maximum Gasteiger partial charge on any atom is 0.147 e. The van der Waals surface area contributed by atoms with Gasteiger partial charge in [0, 0.05) is 12.8 Å². The fraction of sp³-hybridized carbons (Fsp3) is 0.571. The summed E-state index contributed by atoms with van der Waals surface area (Å²) in [5.74, 6) is 1.56. The van der Waals surface area contributed by atoms with Gasteiger partial charge in [0.2, 0.25) is 0 Å². The van der Waals surface area contributed by atoms with Gasteiger partial charge in [0.1, 0.15) is 34.0 Å². The molecule has 0 saturated heterocycles. The van der Waals surface area contributed by atoms with E-state index in [2.05, 4.69) is 5.32 Å². The van der Waals surface area contributed by atoms with Gasteiger partial charge in [-0.25, -0.2) is 8.42 Å². The van der Waals surface area contributed by atoms with Gasteiger partial charge >= 0.3 is 0 Å². The number of benzene rings is 1. The van der Waals surface area contributed by atoms with E-state index in [4.69, 9.17) is 9.47 Å². The Morgan fingerprint density at radius 2 is 1.86 bits per heavy atom. The highest BCUT2D eigenvalue weighted by molar-refractivity contribution is 7.90. The first kappa shape index (κ1) is 17.7. The summed E-state index contributed by atoms with van der Waals surface area (Å²) < 4.78 is 32.3. The van der Waals surface area contributed by atoms with Crippen molar-refractivity contribution < 1.29 is 23.0 Å². The molecule has 0 fully saturated rings. The SMILES string of the molecule is COc1ccc(OCC(O)CNCCCS(C)(=O)=O)cc1. The van der Waals surface area contributed by atoms with E-state index in [1.54, 1.807) is 31.4 Å². The highest BCUT2D eigenvalue weighted by Crippen LogP contribution is 2.16. The Kier molecular flexibility index (Phi) is 7.49. The lowest BCUT2D eigenvalue weighted by Gasteiger charge is -2.13. The standard InChI is InChI=1S/C14H23NO5S/c1-19-13-4-6-14(7-5-13)20-11-12(16)10-15-8-3-9-21(2,17)18/h4-7,12,15-16H,3,8-11H2,1-2H3. The van der Waals surface area contributed by atoms with Crippen LogP contribution in [0.25, 0.3) is 0 Å². The van der Waals surface area contributed by atoms with Crippen molar-refractivity contribution in [3.8, 4) is 11.5 Å². The van der Waals surface area contributed by atoms with Gasteiger partial charge in [0.25, 0.3) is 0 Å². The maximum atomic E-state index is 10.9. The van der Waals surface area contributed by atoms with Crippen LogP contribution in [-0.2, 0) is 9.84 Å². The van der Waals surface area contributed by atoms with E-state index in [9.17, 15) is 13.5 Å². The van der Waals surface area contributed by atoms with Crippen molar-refractivity contribution in [3.63, 3.8) is 0 Å². The first-order chi connectivity index (χ1) is 9.90. The molecule has 1 unspecified atom stereocenters. The normalized spacial score (nSPS) is 12.9. The Labute approximate surface area is 126 Å². The molecule has 0 saturated carbocycles. The van der Waals surface area contributed by atoms with Crippen LogP contribution >= 0.6 is 0 Å². The highest BCUT2D eigenvalue weighted by atomic mass is 32.2. The van der Waals surface area contributed by atoms with E-state index >= 15 is 0 Å². The topological polar surface area (TPSA) is 84.9 Å². The molecule has 0 aromatic heterocycles. The summed E-state index contributed by atoms with van der Waals surface area (Å²) in [4.78, 5) is 0. The molecule has 120 valence electrons. The molecule has 0 aliphatic carbocycles. The first-order valence-electron chi connectivity index (χ1n) is 6.74. The average molecular weight is 317 g/mol. The zero-order chi connectivity index (χ0) is 15.7. The number of ether oxygens (including phenoxy) is 2. The van der Waals surface area contributed by atoms with Gasteiger partial charge in [0.15, 0.2) is 0 Å². The van der Waals surface area contributed by atoms with Crippen LogP contribution in [0, 0.1) is 0 Å². The van der Waals surface area contributed by atoms with Gasteiger partial charge in [-0.2, -0.15) is 0 Å². The number of rotatable bonds is 10. The molecular weight excluding hydrogens is 294 g/mol. The monoisotopic (exact) mass is 317 g/mol. The molecule has 0 spiro atoms. The van der Waals surface area contributed by atoms with Gasteiger partial charge in [-0.1, -0.05) is 0 Å². The highest BCUT2D eigenvalue weighted by Gasteiger charge is 2.06. The second kappa shape index (κ2) is 8.86. The number of methoxy groups -OCH3 is 1. The lowest BCUT2D eigenvalue weighted by atomic mass is 10.3. The third kappa shape index (κ3) is 8.54. The van der Waals surface area contributed by atoms with Gasteiger partial charge in [0.05, 0.1) is 12.9 Å². The first-order valence-corrected chi connectivity index (χ1v) is 8.80. The molecular formula is C14H23NO5S. The summed E-state index contributed by atoms with van der Waals surface area (Å²) in [6.07, 6.45) is 1.10. The van der Waals surface area contributed by atoms with Crippen molar-refractivity contribution in [1.29, 1.82) is 0 Å². The molecule has 0 amide bonds. The molecule has 2 N–H and O–H groups in total. The minimum absolute atomic E-state index is 0.151. The maximum absolute atomic E-state index is 10.9. The predicted octanol–water partition coefficient (Wildman–Crippen LogP) is 0.459. The van der Waals surface area contributed by atoms with Crippen LogP contribution in [0.1, 0.15) is 6.42 Å². The Balaban J connectivity index is 2.14. The van der Waals surface area contributed by atoms with Crippen molar-refractivity contribution in [2.75, 3.05) is 38.8 Å². The third-order valence-corrected chi connectivity index (χ3v) is 3.78. The third-order valence-electron chi connectivity index (χ3n) is 2.75. The molecule has 0 bridgehead atoms. The minimum atomic E-state index is -2.91. The molecule has 21 heavy (non-hydrogen) atoms. The van der Waals surface area contributed by atoms with Gasteiger partial charge in [-0.15, -0.1) is 0 Å². The van der Waals surface area contributed by atoms with Crippen LogP contribution in [0.4, 0.5) is 0 Å². The average Bonchev–Trinajstić information content (AvgIpc) is 2.44. The molecule has 1 rings (SSSR count). The lowest BCUT2D eigenvalue weighted by Crippen LogP contribution is -2.32. The predicted molar refractivity (Wildman–Crippen MR) is 81.7 cm³/mol. The Morgan fingerprint density at radius 1 is 1.24 bits per heavy atom. The zero-order valence-electron chi connectivity index (χ0n) is 12.4. The molecule has 0 radical (unpaired) electrons. The summed E-state index contributed by atoms with van der Waals surface area (Å²) >= 11 is 0. The fourth-order valence-corrected chi connectivity index (χ4v) is 2.32. The second-order valence-corrected chi connectivity index (χ2v) is 7.09. The number of nitrogens with one attached hydrogen (secondary N) is 1. The summed E-state index contributed by atoms with van der Waals surface area (Å²) in [5, 5.41) is 12.7. The Hall–Kier alpha value is -1.31. The van der Waals surface area contributed by atoms with Gasteiger partial charge in [-0.3, -0.25) is 0 Å². The molecule has 0 aliphatic rings. The molecule has 0 heterocycles. The zero-order valence-corrected chi connectivity index (χ0v) is 13.2. The molecule has 6 nitrogen and oxygen atoms in total. The summed E-state index contributed by atoms with van der Waals surface area (Å²) in [5.41, 5.74) is 0. The number of hydrogen-bond donors (Lipinski definition) is 2. The van der Waals surface area contributed by atoms with E-state index < -0.39 is 15.9 Å². The van der Waals surface area contributed by atoms with Gasteiger partial charge < -0.3 is 19.9 Å². The number of aliphatic hydroxyl groups excluding tert-OH is 1. The smallest absolute Gasteiger partial charge is 0.147 e. The summed E-state index contributed by atoms with van der Waals surface area (Å²) in [6.45, 7) is 1.08. The van der Waals surface area contributed by atoms with Crippen molar-refractivity contribution in [3.05, 3.63) is 24.3 Å². The van der Waals surface area contributed by atoms with Crippen molar-refractivity contribution in [2.45, 2.75) is 12.5 Å². The van der Waals surface area contributed by atoms with E-state index in [1.165, 1.54) is 6.26 Å². The van der Waals surface area contributed by atoms with Crippen LogP contribution in [0.5, 0.6) is 11.5 Å². The van der Waals surface area contributed by atoms with Crippen LogP contribution in [0.3, 0.4) is 0 Å². The Morgan fingerprint density at radius 3 is 2.43 bits per heavy atom. The second-order valence-electron chi connectivity index (χ2n) is 4.83. The number of hydrogen-bond acceptors (Lipinski definition) is 6. The van der Waals surface area contributed by atoms with E-state index in [0.717, 1.165) is 5.75 Å². The molecule has 7 heteroatoms. The fourth-order valence-electron chi connectivity index (χ4n) is 1.65. The van der Waals surface area contributed by atoms with Crippen molar-refractivity contribution >= 4 is 9.84 Å².